The second kappa shape index (κ2) is 6.07. The van der Waals surface area contributed by atoms with E-state index in [-0.39, 0.29) is 30.1 Å². The highest BCUT2D eigenvalue weighted by molar-refractivity contribution is 5.79. The monoisotopic (exact) mass is 346 g/mol. The molecule has 2 N–H and O–H groups in total. The SMILES string of the molecule is O=c1nc2oc(-c3ccccc3F)cc2cn1C1C[C@H](O)[C@@H](CO)O1. The fraction of sp³-hybridized carbons (Fsp3) is 0.294. The molecule has 0 bridgehead atoms. The molecular formula is C17H15FN2O5. The average Bonchev–Trinajstić information content (AvgIpc) is 3.17. The van der Waals surface area contributed by atoms with E-state index in [1.54, 1.807) is 24.3 Å². The third-order valence-corrected chi connectivity index (χ3v) is 4.27. The van der Waals surface area contributed by atoms with Gasteiger partial charge in [-0.1, -0.05) is 12.1 Å². The molecular weight excluding hydrogens is 331 g/mol. The van der Waals surface area contributed by atoms with Crippen molar-refractivity contribution in [3.8, 4) is 11.3 Å². The van der Waals surface area contributed by atoms with Gasteiger partial charge in [-0.25, -0.2) is 9.18 Å². The van der Waals surface area contributed by atoms with Gasteiger partial charge in [-0.3, -0.25) is 4.57 Å². The Labute approximate surface area is 140 Å². The lowest BCUT2D eigenvalue weighted by Crippen LogP contribution is -2.27. The van der Waals surface area contributed by atoms with Gasteiger partial charge in [0.2, 0.25) is 5.71 Å². The number of aliphatic hydroxyl groups excluding tert-OH is 2. The van der Waals surface area contributed by atoms with Crippen molar-refractivity contribution >= 4 is 11.1 Å². The summed E-state index contributed by atoms with van der Waals surface area (Å²) in [7, 11) is 0. The standard InChI is InChI=1S/C17H15FN2O5/c18-11-4-2-1-3-10(11)13-5-9-7-20(17(23)19-16(9)25-13)15-6-12(22)14(8-21)24-15/h1-5,7,12,14-15,21-22H,6,8H2/t12-,14+,15?/m0/s1. The van der Waals surface area contributed by atoms with E-state index in [2.05, 4.69) is 4.98 Å². The number of halogens is 1. The van der Waals surface area contributed by atoms with Gasteiger partial charge in [0.1, 0.15) is 23.9 Å². The molecule has 3 aromatic rings. The normalized spacial score (nSPS) is 23.4. The van der Waals surface area contributed by atoms with E-state index in [4.69, 9.17) is 14.3 Å². The van der Waals surface area contributed by atoms with Crippen LogP contribution in [-0.2, 0) is 4.74 Å². The zero-order valence-corrected chi connectivity index (χ0v) is 13.0. The number of ether oxygens (including phenoxy) is 1. The average molecular weight is 346 g/mol. The number of aromatic nitrogens is 2. The number of fused-ring (bicyclic) bond motifs is 1. The number of nitrogens with zero attached hydrogens (tertiary/aromatic N) is 2. The van der Waals surface area contributed by atoms with Crippen LogP contribution in [0.2, 0.25) is 0 Å². The van der Waals surface area contributed by atoms with E-state index in [9.17, 15) is 14.3 Å². The Balaban J connectivity index is 1.75. The van der Waals surface area contributed by atoms with Crippen LogP contribution in [0.4, 0.5) is 4.39 Å². The molecule has 3 atom stereocenters. The van der Waals surface area contributed by atoms with Crippen LogP contribution in [0, 0.1) is 5.82 Å². The number of hydrogen-bond donors (Lipinski definition) is 2. The van der Waals surface area contributed by atoms with Crippen molar-refractivity contribution in [3.05, 3.63) is 52.8 Å². The first-order valence-corrected chi connectivity index (χ1v) is 7.79. The maximum Gasteiger partial charge on any atom is 0.353 e. The maximum absolute atomic E-state index is 13.9. The summed E-state index contributed by atoms with van der Waals surface area (Å²) in [5.41, 5.74) is -0.248. The Hall–Kier alpha value is -2.55. The first-order chi connectivity index (χ1) is 12.1. The van der Waals surface area contributed by atoms with Crippen LogP contribution in [0.3, 0.4) is 0 Å². The lowest BCUT2D eigenvalue weighted by atomic mass is 10.1. The van der Waals surface area contributed by atoms with Crippen molar-refractivity contribution in [1.82, 2.24) is 9.55 Å². The van der Waals surface area contributed by atoms with Gasteiger partial charge in [0.25, 0.3) is 0 Å². The highest BCUT2D eigenvalue weighted by atomic mass is 19.1. The van der Waals surface area contributed by atoms with Crippen LogP contribution in [-0.4, -0.2) is 38.6 Å². The first-order valence-electron chi connectivity index (χ1n) is 7.79. The van der Waals surface area contributed by atoms with Crippen LogP contribution in [0.15, 0.2) is 45.7 Å². The van der Waals surface area contributed by atoms with E-state index < -0.39 is 29.9 Å². The maximum atomic E-state index is 13.9. The van der Waals surface area contributed by atoms with E-state index in [1.807, 2.05) is 0 Å². The fourth-order valence-corrected chi connectivity index (χ4v) is 2.98. The molecule has 25 heavy (non-hydrogen) atoms. The molecule has 2 aromatic heterocycles. The van der Waals surface area contributed by atoms with Gasteiger partial charge >= 0.3 is 5.69 Å². The van der Waals surface area contributed by atoms with Crippen LogP contribution in [0.25, 0.3) is 22.4 Å². The number of benzene rings is 1. The predicted octanol–water partition coefficient (Wildman–Crippen LogP) is 1.44. The molecule has 0 radical (unpaired) electrons. The minimum atomic E-state index is -0.865. The molecule has 1 aromatic carbocycles. The number of hydrogen-bond acceptors (Lipinski definition) is 6. The van der Waals surface area contributed by atoms with E-state index in [1.165, 1.54) is 16.8 Å². The Morgan fingerprint density at radius 2 is 2.16 bits per heavy atom. The number of aliphatic hydroxyl groups is 2. The molecule has 0 amide bonds. The lowest BCUT2D eigenvalue weighted by Gasteiger charge is -2.13. The summed E-state index contributed by atoms with van der Waals surface area (Å²) in [6, 6.07) is 7.73. The molecule has 1 unspecified atom stereocenters. The van der Waals surface area contributed by atoms with Gasteiger partial charge < -0.3 is 19.4 Å². The van der Waals surface area contributed by atoms with E-state index in [0.717, 1.165) is 0 Å². The topological polar surface area (TPSA) is 97.7 Å². The minimum Gasteiger partial charge on any atom is -0.437 e. The molecule has 4 rings (SSSR count). The van der Waals surface area contributed by atoms with Crippen molar-refractivity contribution < 1.29 is 23.8 Å². The van der Waals surface area contributed by atoms with Crippen LogP contribution < -0.4 is 5.69 Å². The summed E-state index contributed by atoms with van der Waals surface area (Å²) < 4.78 is 26.1. The zero-order chi connectivity index (χ0) is 17.6. The van der Waals surface area contributed by atoms with E-state index >= 15 is 0 Å². The van der Waals surface area contributed by atoms with Crippen molar-refractivity contribution in [1.29, 1.82) is 0 Å². The highest BCUT2D eigenvalue weighted by Gasteiger charge is 2.35. The summed E-state index contributed by atoms with van der Waals surface area (Å²) in [5, 5.41) is 19.5. The summed E-state index contributed by atoms with van der Waals surface area (Å²) >= 11 is 0. The van der Waals surface area contributed by atoms with Gasteiger partial charge in [0, 0.05) is 12.6 Å². The summed E-state index contributed by atoms with van der Waals surface area (Å²) in [4.78, 5) is 16.1. The van der Waals surface area contributed by atoms with E-state index in [0.29, 0.717) is 5.39 Å². The molecule has 3 heterocycles. The first kappa shape index (κ1) is 15.9. The molecule has 0 spiro atoms. The predicted molar refractivity (Wildman–Crippen MR) is 85.3 cm³/mol. The van der Waals surface area contributed by atoms with Crippen LogP contribution in [0.1, 0.15) is 12.6 Å². The van der Waals surface area contributed by atoms with Gasteiger partial charge in [0.05, 0.1) is 23.7 Å². The largest absolute Gasteiger partial charge is 0.437 e. The third kappa shape index (κ3) is 2.74. The second-order valence-corrected chi connectivity index (χ2v) is 5.90. The van der Waals surface area contributed by atoms with Crippen LogP contribution >= 0.6 is 0 Å². The van der Waals surface area contributed by atoms with Gasteiger partial charge in [0.15, 0.2) is 0 Å². The molecule has 0 aliphatic carbocycles. The van der Waals surface area contributed by atoms with Gasteiger partial charge in [-0.2, -0.15) is 4.98 Å². The molecule has 130 valence electrons. The Kier molecular flexibility index (Phi) is 3.87. The van der Waals surface area contributed by atoms with Crippen molar-refractivity contribution in [3.63, 3.8) is 0 Å². The second-order valence-electron chi connectivity index (χ2n) is 5.90. The molecule has 1 aliphatic rings. The zero-order valence-electron chi connectivity index (χ0n) is 13.0. The summed E-state index contributed by atoms with van der Waals surface area (Å²) in [6.07, 6.45) is -0.684. The molecule has 7 nitrogen and oxygen atoms in total. The molecule has 0 saturated carbocycles. The van der Waals surface area contributed by atoms with Crippen molar-refractivity contribution in [2.75, 3.05) is 6.61 Å². The summed E-state index contributed by atoms with van der Waals surface area (Å²) in [5.74, 6) is -0.178. The number of furan rings is 1. The molecule has 1 saturated heterocycles. The van der Waals surface area contributed by atoms with Crippen LogP contribution in [0.5, 0.6) is 0 Å². The Bertz CT molecular complexity index is 983. The van der Waals surface area contributed by atoms with Crippen molar-refractivity contribution in [2.45, 2.75) is 24.9 Å². The number of rotatable bonds is 3. The van der Waals surface area contributed by atoms with Crippen molar-refractivity contribution in [2.24, 2.45) is 0 Å². The quantitative estimate of drug-likeness (QED) is 0.745. The Morgan fingerprint density at radius 1 is 1.36 bits per heavy atom. The smallest absolute Gasteiger partial charge is 0.353 e. The molecule has 1 aliphatic heterocycles. The lowest BCUT2D eigenvalue weighted by molar-refractivity contribution is -0.0457. The Morgan fingerprint density at radius 3 is 2.88 bits per heavy atom. The van der Waals surface area contributed by atoms with Gasteiger partial charge in [-0.15, -0.1) is 0 Å². The third-order valence-electron chi connectivity index (χ3n) is 4.27. The van der Waals surface area contributed by atoms with Gasteiger partial charge in [-0.05, 0) is 18.2 Å². The fourth-order valence-electron chi connectivity index (χ4n) is 2.98. The molecule has 1 fully saturated rings. The highest BCUT2D eigenvalue weighted by Crippen LogP contribution is 2.30. The summed E-state index contributed by atoms with van der Waals surface area (Å²) in [6.45, 7) is -0.342. The molecule has 8 heteroatoms. The minimum absolute atomic E-state index is 0.0942.